The summed E-state index contributed by atoms with van der Waals surface area (Å²) in [4.78, 5) is 13.2. The molecule has 2 aromatic heterocycles. The number of ether oxygens (including phenoxy) is 3. The first-order chi connectivity index (χ1) is 12.1. The molecule has 25 heavy (non-hydrogen) atoms. The molecule has 0 aliphatic carbocycles. The number of methoxy groups -OCH3 is 2. The number of aryl methyl sites for hydroxylation is 1. The minimum atomic E-state index is 0.124. The fourth-order valence-electron chi connectivity index (χ4n) is 2.77. The van der Waals surface area contributed by atoms with Crippen molar-refractivity contribution in [3.05, 3.63) is 17.8 Å². The second kappa shape index (κ2) is 6.94. The number of rotatable bonds is 6. The van der Waals surface area contributed by atoms with E-state index in [1.165, 1.54) is 0 Å². The van der Waals surface area contributed by atoms with Crippen LogP contribution >= 0.6 is 0 Å². The molecule has 3 rings (SSSR count). The van der Waals surface area contributed by atoms with Crippen molar-refractivity contribution in [2.75, 3.05) is 38.9 Å². The molecule has 3 aromatic rings. The molecular formula is C17H21N5O3. The Morgan fingerprint density at radius 3 is 2.48 bits per heavy atom. The molecule has 0 amide bonds. The zero-order valence-electron chi connectivity index (χ0n) is 14.5. The van der Waals surface area contributed by atoms with E-state index in [1.54, 1.807) is 14.2 Å². The molecule has 0 fully saturated rings. The molecule has 0 spiro atoms. The molecule has 0 radical (unpaired) electrons. The lowest BCUT2D eigenvalue weighted by Crippen LogP contribution is -2.06. The van der Waals surface area contributed by atoms with Gasteiger partial charge in [-0.25, -0.2) is 4.98 Å². The summed E-state index contributed by atoms with van der Waals surface area (Å²) in [5.74, 6) is 1.62. The molecule has 0 aliphatic rings. The van der Waals surface area contributed by atoms with Crippen molar-refractivity contribution < 1.29 is 14.2 Å². The maximum absolute atomic E-state index is 6.07. The van der Waals surface area contributed by atoms with Crippen molar-refractivity contribution >= 4 is 33.6 Å². The summed E-state index contributed by atoms with van der Waals surface area (Å²) in [5, 5.41) is 1.50. The number of hydrogen-bond donors (Lipinski definition) is 2. The van der Waals surface area contributed by atoms with Crippen molar-refractivity contribution in [3.63, 3.8) is 0 Å². The van der Waals surface area contributed by atoms with Crippen LogP contribution in [0.25, 0.3) is 21.8 Å². The first-order valence-corrected chi connectivity index (χ1v) is 7.94. The number of fused-ring (bicyclic) bond motifs is 3. The average Bonchev–Trinajstić information content (AvgIpc) is 2.60. The number of anilines is 2. The maximum Gasteiger partial charge on any atom is 0.222 e. The summed E-state index contributed by atoms with van der Waals surface area (Å²) >= 11 is 0. The Bertz CT molecular complexity index is 929. The van der Waals surface area contributed by atoms with E-state index in [1.807, 2.05) is 19.1 Å². The van der Waals surface area contributed by atoms with Gasteiger partial charge < -0.3 is 25.7 Å². The van der Waals surface area contributed by atoms with E-state index in [0.717, 1.165) is 22.0 Å². The van der Waals surface area contributed by atoms with Crippen LogP contribution in [0.3, 0.4) is 0 Å². The van der Waals surface area contributed by atoms with Crippen LogP contribution in [0.15, 0.2) is 12.1 Å². The van der Waals surface area contributed by atoms with Crippen LogP contribution < -0.4 is 20.9 Å². The third-order valence-electron chi connectivity index (χ3n) is 3.92. The van der Waals surface area contributed by atoms with Crippen LogP contribution in [0.1, 0.15) is 12.6 Å². The first-order valence-electron chi connectivity index (χ1n) is 7.94. The lowest BCUT2D eigenvalue weighted by molar-refractivity contribution is 0.144. The Morgan fingerprint density at radius 2 is 1.80 bits per heavy atom. The van der Waals surface area contributed by atoms with Crippen LogP contribution in [0, 0.1) is 0 Å². The van der Waals surface area contributed by atoms with Crippen LogP contribution in [0.5, 0.6) is 11.5 Å². The van der Waals surface area contributed by atoms with Gasteiger partial charge in [0.1, 0.15) is 12.4 Å². The van der Waals surface area contributed by atoms with Gasteiger partial charge in [0.25, 0.3) is 0 Å². The van der Waals surface area contributed by atoms with Gasteiger partial charge in [0.2, 0.25) is 5.95 Å². The van der Waals surface area contributed by atoms with Crippen molar-refractivity contribution in [1.82, 2.24) is 15.0 Å². The molecule has 0 saturated carbocycles. The van der Waals surface area contributed by atoms with Gasteiger partial charge in [-0.2, -0.15) is 4.98 Å². The van der Waals surface area contributed by atoms with Gasteiger partial charge >= 0.3 is 0 Å². The van der Waals surface area contributed by atoms with Gasteiger partial charge in [0.05, 0.1) is 35.8 Å². The minimum absolute atomic E-state index is 0.124. The lowest BCUT2D eigenvalue weighted by atomic mass is 10.1. The smallest absolute Gasteiger partial charge is 0.222 e. The Morgan fingerprint density at radius 1 is 1.00 bits per heavy atom. The van der Waals surface area contributed by atoms with Crippen LogP contribution in [0.4, 0.5) is 11.8 Å². The van der Waals surface area contributed by atoms with Crippen molar-refractivity contribution in [1.29, 1.82) is 0 Å². The SMILES string of the molecule is CCc1nc2cc(OCCOC)c(OC)cc2c2nc(N)nc(N)c12. The molecule has 8 nitrogen and oxygen atoms in total. The monoisotopic (exact) mass is 343 g/mol. The number of nitrogens with two attached hydrogens (primary N) is 2. The van der Waals surface area contributed by atoms with Gasteiger partial charge in [0.15, 0.2) is 11.5 Å². The van der Waals surface area contributed by atoms with Crippen molar-refractivity contribution in [2.45, 2.75) is 13.3 Å². The number of nitrogen functional groups attached to an aromatic ring is 2. The summed E-state index contributed by atoms with van der Waals surface area (Å²) in [5.41, 5.74) is 14.1. The third kappa shape index (κ3) is 3.08. The van der Waals surface area contributed by atoms with Gasteiger partial charge in [-0.15, -0.1) is 0 Å². The average molecular weight is 343 g/mol. The number of aromatic nitrogens is 3. The van der Waals surface area contributed by atoms with E-state index in [4.69, 9.17) is 30.7 Å². The second-order valence-electron chi connectivity index (χ2n) is 5.46. The molecule has 0 aliphatic heterocycles. The van der Waals surface area contributed by atoms with E-state index in [0.29, 0.717) is 42.5 Å². The van der Waals surface area contributed by atoms with Gasteiger partial charge in [-0.3, -0.25) is 4.98 Å². The first kappa shape index (κ1) is 17.0. The summed E-state index contributed by atoms with van der Waals surface area (Å²) in [6.07, 6.45) is 0.690. The lowest BCUT2D eigenvalue weighted by Gasteiger charge is -2.14. The van der Waals surface area contributed by atoms with E-state index >= 15 is 0 Å². The Labute approximate surface area is 145 Å². The summed E-state index contributed by atoms with van der Waals surface area (Å²) < 4.78 is 16.2. The highest BCUT2D eigenvalue weighted by molar-refractivity contribution is 6.08. The van der Waals surface area contributed by atoms with Crippen LogP contribution in [-0.2, 0) is 11.2 Å². The summed E-state index contributed by atoms with van der Waals surface area (Å²) in [6, 6.07) is 3.66. The fourth-order valence-corrected chi connectivity index (χ4v) is 2.77. The van der Waals surface area contributed by atoms with Gasteiger partial charge in [-0.1, -0.05) is 6.92 Å². The van der Waals surface area contributed by atoms with Crippen molar-refractivity contribution in [3.8, 4) is 11.5 Å². The number of nitrogens with zero attached hydrogens (tertiary/aromatic N) is 3. The second-order valence-corrected chi connectivity index (χ2v) is 5.46. The normalized spacial score (nSPS) is 11.2. The molecule has 0 saturated heterocycles. The van der Waals surface area contributed by atoms with Gasteiger partial charge in [-0.05, 0) is 12.5 Å². The standard InChI is InChI=1S/C17H21N5O3/c1-4-10-14-15(21-17(19)22-16(14)18)9-7-12(24-3)13(8-11(9)20-10)25-6-5-23-2/h7-8H,4-6H2,1-3H3,(H4,18,19,21,22). The Balaban J connectivity index is 2.28. The molecular weight excluding hydrogens is 322 g/mol. The van der Waals surface area contributed by atoms with E-state index < -0.39 is 0 Å². The predicted molar refractivity (Wildman–Crippen MR) is 97.0 cm³/mol. The third-order valence-corrected chi connectivity index (χ3v) is 3.92. The molecule has 0 atom stereocenters. The predicted octanol–water partition coefficient (Wildman–Crippen LogP) is 1.94. The molecule has 0 bridgehead atoms. The molecule has 132 valence electrons. The summed E-state index contributed by atoms with van der Waals surface area (Å²) in [7, 11) is 3.20. The molecule has 2 heterocycles. The number of pyridine rings is 1. The van der Waals surface area contributed by atoms with Gasteiger partial charge in [0, 0.05) is 18.6 Å². The van der Waals surface area contributed by atoms with Crippen molar-refractivity contribution in [2.24, 2.45) is 0 Å². The Kier molecular flexibility index (Phi) is 4.71. The highest BCUT2D eigenvalue weighted by atomic mass is 16.5. The topological polar surface area (TPSA) is 118 Å². The Hall–Kier alpha value is -2.87. The highest BCUT2D eigenvalue weighted by Crippen LogP contribution is 2.36. The molecule has 1 aromatic carbocycles. The van der Waals surface area contributed by atoms with E-state index in [9.17, 15) is 0 Å². The van der Waals surface area contributed by atoms with E-state index in [-0.39, 0.29) is 5.95 Å². The highest BCUT2D eigenvalue weighted by Gasteiger charge is 2.16. The number of hydrogen-bond acceptors (Lipinski definition) is 8. The molecule has 4 N–H and O–H groups in total. The zero-order chi connectivity index (χ0) is 18.0. The zero-order valence-corrected chi connectivity index (χ0v) is 14.5. The maximum atomic E-state index is 6.07. The quantitative estimate of drug-likeness (QED) is 0.515. The van der Waals surface area contributed by atoms with Crippen LogP contribution in [0.2, 0.25) is 0 Å². The minimum Gasteiger partial charge on any atom is -0.493 e. The fraction of sp³-hybridized carbons (Fsp3) is 0.353. The largest absolute Gasteiger partial charge is 0.493 e. The molecule has 0 unspecified atom stereocenters. The number of benzene rings is 1. The van der Waals surface area contributed by atoms with E-state index in [2.05, 4.69) is 9.97 Å². The molecule has 8 heteroatoms. The summed E-state index contributed by atoms with van der Waals surface area (Å²) in [6.45, 7) is 2.89. The van der Waals surface area contributed by atoms with Crippen LogP contribution in [-0.4, -0.2) is 42.4 Å².